The van der Waals surface area contributed by atoms with Crippen molar-refractivity contribution >= 4 is 0 Å². The molecule has 0 unspecified atom stereocenters. The molecule has 4 rings (SSSR count). The van der Waals surface area contributed by atoms with E-state index in [1.807, 2.05) is 13.8 Å². The molecule has 0 N–H and O–H groups in total. The number of fused-ring (bicyclic) bond motifs is 6. The van der Waals surface area contributed by atoms with E-state index < -0.39 is 22.5 Å². The van der Waals surface area contributed by atoms with Crippen LogP contribution in [-0.4, -0.2) is 0 Å². The lowest BCUT2D eigenvalue weighted by atomic mass is 9.76. The molecule has 2 aromatic rings. The molecule has 6 heteroatoms. The molecule has 2 aliphatic heterocycles. The van der Waals surface area contributed by atoms with Crippen molar-refractivity contribution in [2.45, 2.75) is 45.3 Å². The topological polar surface area (TPSA) is 78.9 Å². The van der Waals surface area contributed by atoms with E-state index in [1.54, 1.807) is 26.0 Å². The van der Waals surface area contributed by atoms with E-state index in [0.29, 0.717) is 40.6 Å². The summed E-state index contributed by atoms with van der Waals surface area (Å²) >= 11 is 0. The Kier molecular flexibility index (Phi) is 2.50. The second kappa shape index (κ2) is 4.07. The molecule has 0 radical (unpaired) electrons. The van der Waals surface area contributed by atoms with Gasteiger partial charge in [-0.15, -0.1) is 0 Å². The van der Waals surface area contributed by atoms with Gasteiger partial charge in [0.15, 0.2) is 0 Å². The first-order valence-electron chi connectivity index (χ1n) is 7.40. The zero-order chi connectivity index (χ0) is 16.6. The first-order chi connectivity index (χ1) is 10.7. The largest absolute Gasteiger partial charge is 0.481 e. The summed E-state index contributed by atoms with van der Waals surface area (Å²) in [6.07, 6.45) is 0.321. The molecule has 6 nitrogen and oxygen atoms in total. The van der Waals surface area contributed by atoms with E-state index >= 15 is 0 Å². The second-order valence-corrected chi connectivity index (χ2v) is 6.61. The first-order valence-corrected chi connectivity index (χ1v) is 7.40. The average molecular weight is 316 g/mol. The third kappa shape index (κ3) is 1.81. The smallest absolute Gasteiger partial charge is 0.346 e. The lowest BCUT2D eigenvalue weighted by Gasteiger charge is -2.48. The van der Waals surface area contributed by atoms with Gasteiger partial charge in [0.1, 0.15) is 45.3 Å². The van der Waals surface area contributed by atoms with E-state index in [2.05, 4.69) is 0 Å². The maximum Gasteiger partial charge on any atom is 0.346 e. The van der Waals surface area contributed by atoms with Crippen molar-refractivity contribution in [1.29, 1.82) is 0 Å². The van der Waals surface area contributed by atoms with Gasteiger partial charge in [0.05, 0.1) is 0 Å². The van der Waals surface area contributed by atoms with Crippen molar-refractivity contribution in [3.05, 3.63) is 55.6 Å². The average Bonchev–Trinajstić information content (AvgIpc) is 2.33. The summed E-state index contributed by atoms with van der Waals surface area (Å²) in [6, 6.07) is 3.30. The maximum absolute atomic E-state index is 12.3. The van der Waals surface area contributed by atoms with Crippen LogP contribution in [-0.2, 0) is 11.2 Å². The molecule has 23 heavy (non-hydrogen) atoms. The van der Waals surface area contributed by atoms with Crippen LogP contribution in [0, 0.1) is 13.8 Å². The summed E-state index contributed by atoms with van der Waals surface area (Å²) in [5, 5.41) is 0. The standard InChI is InChI=1S/C17H16O6/c1-8-5-10-12(14(18)20-8)16(3)7-17(4,22-10)13-11(23-16)6-9(2)21-15(13)19/h5-6H,7H2,1-4H3/t16-,17+. The van der Waals surface area contributed by atoms with Gasteiger partial charge < -0.3 is 18.3 Å². The van der Waals surface area contributed by atoms with Crippen molar-refractivity contribution in [3.8, 4) is 11.5 Å². The molecule has 120 valence electrons. The lowest BCUT2D eigenvalue weighted by molar-refractivity contribution is -0.0786. The van der Waals surface area contributed by atoms with Gasteiger partial charge in [-0.25, -0.2) is 9.59 Å². The van der Waals surface area contributed by atoms with Crippen LogP contribution in [0.4, 0.5) is 0 Å². The van der Waals surface area contributed by atoms with Gasteiger partial charge in [0.2, 0.25) is 0 Å². The molecule has 0 saturated carbocycles. The van der Waals surface area contributed by atoms with Crippen molar-refractivity contribution in [2.75, 3.05) is 0 Å². The van der Waals surface area contributed by atoms with E-state index in [9.17, 15) is 9.59 Å². The minimum absolute atomic E-state index is 0.321. The molecular weight excluding hydrogens is 300 g/mol. The molecular formula is C17H16O6. The minimum Gasteiger partial charge on any atom is -0.481 e. The highest BCUT2D eigenvalue weighted by atomic mass is 16.5. The highest BCUT2D eigenvalue weighted by Crippen LogP contribution is 2.53. The molecule has 2 aromatic heterocycles. The zero-order valence-corrected chi connectivity index (χ0v) is 13.3. The minimum atomic E-state index is -0.927. The Morgan fingerprint density at radius 2 is 1.22 bits per heavy atom. The summed E-state index contributed by atoms with van der Waals surface area (Å²) in [5.74, 6) is 1.66. The molecule has 0 aromatic carbocycles. The Morgan fingerprint density at radius 1 is 0.826 bits per heavy atom. The Bertz CT molecular complexity index is 875. The van der Waals surface area contributed by atoms with Crippen LogP contribution in [0.5, 0.6) is 11.5 Å². The van der Waals surface area contributed by atoms with E-state index in [-0.39, 0.29) is 0 Å². The van der Waals surface area contributed by atoms with Crippen molar-refractivity contribution in [2.24, 2.45) is 0 Å². The van der Waals surface area contributed by atoms with E-state index in [0.717, 1.165) is 0 Å². The molecule has 0 saturated heterocycles. The number of rotatable bonds is 0. The molecule has 2 aliphatic rings. The van der Waals surface area contributed by atoms with Gasteiger partial charge in [0.25, 0.3) is 0 Å². The SMILES string of the molecule is Cc1cc2c(c(=O)o1)[C@@]1(C)C[C@](C)(O2)c2c(cc(C)oc2=O)O1. The quantitative estimate of drug-likeness (QED) is 0.743. The van der Waals surface area contributed by atoms with E-state index in [4.69, 9.17) is 18.3 Å². The second-order valence-electron chi connectivity index (χ2n) is 6.61. The van der Waals surface area contributed by atoms with Crippen LogP contribution < -0.4 is 20.7 Å². The van der Waals surface area contributed by atoms with Gasteiger partial charge in [-0.1, -0.05) is 0 Å². The van der Waals surface area contributed by atoms with Crippen LogP contribution in [0.1, 0.15) is 42.9 Å². The fourth-order valence-electron chi connectivity index (χ4n) is 3.76. The summed E-state index contributed by atoms with van der Waals surface area (Å²) in [7, 11) is 0. The highest BCUT2D eigenvalue weighted by Gasteiger charge is 2.55. The van der Waals surface area contributed by atoms with Gasteiger partial charge in [-0.05, 0) is 27.7 Å². The fraction of sp³-hybridized carbons (Fsp3) is 0.412. The third-order valence-electron chi connectivity index (χ3n) is 4.48. The lowest BCUT2D eigenvalue weighted by Crippen LogP contribution is -2.53. The highest BCUT2D eigenvalue weighted by molar-refractivity contribution is 5.48. The van der Waals surface area contributed by atoms with Gasteiger partial charge in [0, 0.05) is 18.6 Å². The van der Waals surface area contributed by atoms with Crippen LogP contribution in [0.2, 0.25) is 0 Å². The maximum atomic E-state index is 12.3. The number of aryl methyl sites for hydroxylation is 2. The van der Waals surface area contributed by atoms with E-state index in [1.165, 1.54) is 0 Å². The molecule has 0 amide bonds. The van der Waals surface area contributed by atoms with Crippen molar-refractivity contribution < 1.29 is 18.3 Å². The third-order valence-corrected chi connectivity index (χ3v) is 4.48. The molecule has 0 spiro atoms. The molecule has 2 bridgehead atoms. The fourth-order valence-corrected chi connectivity index (χ4v) is 3.76. The Morgan fingerprint density at radius 3 is 1.61 bits per heavy atom. The van der Waals surface area contributed by atoms with Crippen molar-refractivity contribution in [3.63, 3.8) is 0 Å². The number of ether oxygens (including phenoxy) is 2. The van der Waals surface area contributed by atoms with Crippen LogP contribution in [0.15, 0.2) is 30.6 Å². The summed E-state index contributed by atoms with van der Waals surface area (Å²) in [4.78, 5) is 24.7. The zero-order valence-electron chi connectivity index (χ0n) is 13.3. The molecule has 2 atom stereocenters. The van der Waals surface area contributed by atoms with Gasteiger partial charge in [-0.3, -0.25) is 0 Å². The van der Waals surface area contributed by atoms with Gasteiger partial charge in [-0.2, -0.15) is 0 Å². The van der Waals surface area contributed by atoms with Crippen LogP contribution >= 0.6 is 0 Å². The Balaban J connectivity index is 2.05. The monoisotopic (exact) mass is 316 g/mol. The molecule has 0 fully saturated rings. The van der Waals surface area contributed by atoms with Crippen molar-refractivity contribution in [1.82, 2.24) is 0 Å². The Labute approximate surface area is 131 Å². The molecule has 4 heterocycles. The normalized spacial score (nSPS) is 27.5. The predicted molar refractivity (Wildman–Crippen MR) is 80.0 cm³/mol. The summed E-state index contributed by atoms with van der Waals surface area (Å²) < 4.78 is 22.5. The summed E-state index contributed by atoms with van der Waals surface area (Å²) in [5.41, 5.74) is -2.12. The summed E-state index contributed by atoms with van der Waals surface area (Å²) in [6.45, 7) is 6.97. The first kappa shape index (κ1) is 14.1. The molecule has 0 aliphatic carbocycles. The number of hydrogen-bond acceptors (Lipinski definition) is 6. The van der Waals surface area contributed by atoms with Gasteiger partial charge >= 0.3 is 11.3 Å². The number of hydrogen-bond donors (Lipinski definition) is 0. The Hall–Kier alpha value is -2.50. The van der Waals surface area contributed by atoms with Crippen LogP contribution in [0.25, 0.3) is 0 Å². The van der Waals surface area contributed by atoms with Crippen LogP contribution in [0.3, 0.4) is 0 Å². The predicted octanol–water partition coefficient (Wildman–Crippen LogP) is 2.52.